The van der Waals surface area contributed by atoms with Gasteiger partial charge in [0.05, 0.1) is 21.4 Å². The quantitative estimate of drug-likeness (QED) is 0.182. The van der Waals surface area contributed by atoms with Crippen LogP contribution in [-0.2, 0) is 16.3 Å². The van der Waals surface area contributed by atoms with Crippen molar-refractivity contribution in [2.75, 3.05) is 11.4 Å². The molecule has 0 atom stereocenters. The summed E-state index contributed by atoms with van der Waals surface area (Å²) >= 11 is 0. The Labute approximate surface area is 264 Å². The standard InChI is InChI=1S/C39H31N3O2S/c1-3-4-12-35-24-32-21-18-29(2)28-41(34-15-10-16-37(26-34)45(43,44)36-22-19-30(27-40)20-23-36)38-17-9-8-11-31(38)25-39(32)42(35)33-13-6-5-7-14-33/h3-24,26H,1-2,25,28H2/b12-4-,21-18-. The van der Waals surface area contributed by atoms with Gasteiger partial charge in [0.15, 0.2) is 0 Å². The molecule has 0 radical (unpaired) electrons. The van der Waals surface area contributed by atoms with E-state index in [4.69, 9.17) is 5.26 Å². The van der Waals surface area contributed by atoms with Crippen LogP contribution in [0.4, 0.5) is 11.4 Å². The summed E-state index contributed by atoms with van der Waals surface area (Å²) in [4.78, 5) is 2.45. The van der Waals surface area contributed by atoms with Crippen LogP contribution in [0.5, 0.6) is 0 Å². The molecular weight excluding hydrogens is 575 g/mol. The SMILES string of the molecule is C=C/C=C\c1cc2c(n1-c1ccccc1)Cc1ccccc1N(c1cccc(S(=O)(=O)c3ccc(C#N)cc3)c1)CC(=C)/C=C\2. The highest BCUT2D eigenvalue weighted by molar-refractivity contribution is 7.91. The van der Waals surface area contributed by atoms with Gasteiger partial charge in [0.2, 0.25) is 9.84 Å². The first-order chi connectivity index (χ1) is 21.9. The molecule has 5 aromatic rings. The predicted octanol–water partition coefficient (Wildman–Crippen LogP) is 8.69. The summed E-state index contributed by atoms with van der Waals surface area (Å²) in [5.74, 6) is 0. The third-order valence-electron chi connectivity index (χ3n) is 7.82. The van der Waals surface area contributed by atoms with Gasteiger partial charge in [-0.25, -0.2) is 8.42 Å². The molecule has 0 N–H and O–H groups in total. The lowest BCUT2D eigenvalue weighted by Crippen LogP contribution is -2.22. The molecule has 1 aliphatic heterocycles. The molecule has 0 fully saturated rings. The van der Waals surface area contributed by atoms with Crippen LogP contribution in [0.1, 0.15) is 28.1 Å². The van der Waals surface area contributed by atoms with Gasteiger partial charge in [-0.2, -0.15) is 5.26 Å². The molecule has 0 saturated heterocycles. The second-order valence-corrected chi connectivity index (χ2v) is 12.7. The van der Waals surface area contributed by atoms with Gasteiger partial charge in [0.25, 0.3) is 0 Å². The number of allylic oxidation sites excluding steroid dienone is 2. The molecular formula is C39H31N3O2S. The van der Waals surface area contributed by atoms with Crippen LogP contribution in [0.15, 0.2) is 156 Å². The summed E-state index contributed by atoms with van der Waals surface area (Å²) in [7, 11) is -3.82. The molecule has 6 heteroatoms. The molecule has 0 bridgehead atoms. The van der Waals surface area contributed by atoms with Crippen LogP contribution >= 0.6 is 0 Å². The summed E-state index contributed by atoms with van der Waals surface area (Å²) in [6.07, 6.45) is 10.6. The fourth-order valence-corrected chi connectivity index (χ4v) is 6.94. The second-order valence-electron chi connectivity index (χ2n) is 10.8. The van der Waals surface area contributed by atoms with E-state index in [2.05, 4.69) is 65.1 Å². The zero-order valence-electron chi connectivity index (χ0n) is 24.7. The van der Waals surface area contributed by atoms with Crippen LogP contribution in [-0.4, -0.2) is 19.5 Å². The number of hydrogen-bond donors (Lipinski definition) is 0. The molecule has 5 nitrogen and oxygen atoms in total. The molecule has 220 valence electrons. The Kier molecular flexibility index (Phi) is 8.20. The third kappa shape index (κ3) is 5.95. The summed E-state index contributed by atoms with van der Waals surface area (Å²) in [6, 6.07) is 35.8. The Hall–Kier alpha value is -5.64. The maximum absolute atomic E-state index is 13.6. The summed E-state index contributed by atoms with van der Waals surface area (Å²) in [5.41, 5.74) is 8.40. The number of benzene rings is 4. The van der Waals surface area contributed by atoms with Gasteiger partial charge >= 0.3 is 0 Å². The molecule has 2 heterocycles. The normalized spacial score (nSPS) is 13.9. The van der Waals surface area contributed by atoms with Gasteiger partial charge in [-0.1, -0.05) is 79.9 Å². The van der Waals surface area contributed by atoms with E-state index < -0.39 is 9.84 Å². The van der Waals surface area contributed by atoms with E-state index in [1.807, 2.05) is 54.6 Å². The number of para-hydroxylation sites is 2. The number of rotatable bonds is 6. The first kappa shape index (κ1) is 29.4. The van der Waals surface area contributed by atoms with Crippen LogP contribution in [0.3, 0.4) is 0 Å². The molecule has 4 aromatic carbocycles. The van der Waals surface area contributed by atoms with E-state index in [1.54, 1.807) is 24.3 Å². The monoisotopic (exact) mass is 605 g/mol. The van der Waals surface area contributed by atoms with E-state index >= 15 is 0 Å². The fourth-order valence-electron chi connectivity index (χ4n) is 5.64. The average molecular weight is 606 g/mol. The molecule has 0 saturated carbocycles. The molecule has 1 aromatic heterocycles. The Bertz CT molecular complexity index is 2110. The van der Waals surface area contributed by atoms with E-state index in [0.29, 0.717) is 18.5 Å². The largest absolute Gasteiger partial charge is 0.337 e. The highest BCUT2D eigenvalue weighted by atomic mass is 32.2. The predicted molar refractivity (Wildman–Crippen MR) is 182 cm³/mol. The number of nitriles is 1. The number of sulfone groups is 1. The van der Waals surface area contributed by atoms with Gasteiger partial charge in [-0.05, 0) is 89.5 Å². The Balaban J connectivity index is 1.48. The minimum Gasteiger partial charge on any atom is -0.337 e. The van der Waals surface area contributed by atoms with Crippen molar-refractivity contribution >= 4 is 33.4 Å². The van der Waals surface area contributed by atoms with Crippen molar-refractivity contribution in [3.63, 3.8) is 0 Å². The first-order valence-electron chi connectivity index (χ1n) is 14.5. The minimum absolute atomic E-state index is 0.142. The number of fused-ring (bicyclic) bond motifs is 2. The maximum Gasteiger partial charge on any atom is 0.206 e. The number of hydrogen-bond acceptors (Lipinski definition) is 4. The van der Waals surface area contributed by atoms with E-state index in [-0.39, 0.29) is 9.79 Å². The zero-order chi connectivity index (χ0) is 31.4. The van der Waals surface area contributed by atoms with Gasteiger partial charge in [-0.3, -0.25) is 0 Å². The van der Waals surface area contributed by atoms with Gasteiger partial charge in [-0.15, -0.1) is 0 Å². The fraction of sp³-hybridized carbons (Fsp3) is 0.0513. The molecule has 0 amide bonds. The average Bonchev–Trinajstić information content (AvgIpc) is 3.42. The number of nitrogens with zero attached hydrogens (tertiary/aromatic N) is 3. The van der Waals surface area contributed by atoms with E-state index in [1.165, 1.54) is 24.3 Å². The molecule has 1 aliphatic rings. The van der Waals surface area contributed by atoms with Crippen molar-refractivity contribution in [3.05, 3.63) is 174 Å². The van der Waals surface area contributed by atoms with Crippen molar-refractivity contribution in [3.8, 4) is 11.8 Å². The molecule has 6 rings (SSSR count). The van der Waals surface area contributed by atoms with Crippen molar-refractivity contribution in [2.45, 2.75) is 16.2 Å². The third-order valence-corrected chi connectivity index (χ3v) is 9.58. The van der Waals surface area contributed by atoms with Crippen molar-refractivity contribution in [1.29, 1.82) is 5.26 Å². The first-order valence-corrected chi connectivity index (χ1v) is 16.0. The van der Waals surface area contributed by atoms with Gasteiger partial charge in [0, 0.05) is 41.4 Å². The lowest BCUT2D eigenvalue weighted by atomic mass is 10.0. The highest BCUT2D eigenvalue weighted by Gasteiger charge is 2.23. The molecule has 0 unspecified atom stereocenters. The number of aromatic nitrogens is 1. The number of anilines is 2. The van der Waals surface area contributed by atoms with E-state index in [0.717, 1.165) is 45.2 Å². The Morgan fingerprint density at radius 1 is 0.800 bits per heavy atom. The smallest absolute Gasteiger partial charge is 0.206 e. The molecule has 0 aliphatic carbocycles. The van der Waals surface area contributed by atoms with Crippen molar-refractivity contribution in [2.24, 2.45) is 0 Å². The van der Waals surface area contributed by atoms with Crippen LogP contribution in [0.2, 0.25) is 0 Å². The maximum atomic E-state index is 13.6. The lowest BCUT2D eigenvalue weighted by Gasteiger charge is -2.29. The van der Waals surface area contributed by atoms with Crippen molar-refractivity contribution in [1.82, 2.24) is 4.57 Å². The molecule has 0 spiro atoms. The minimum atomic E-state index is -3.82. The van der Waals surface area contributed by atoms with Crippen LogP contribution < -0.4 is 4.90 Å². The van der Waals surface area contributed by atoms with Crippen molar-refractivity contribution < 1.29 is 8.42 Å². The van der Waals surface area contributed by atoms with Crippen LogP contribution in [0, 0.1) is 11.3 Å². The Morgan fingerprint density at radius 2 is 1.53 bits per heavy atom. The summed E-state index contributed by atoms with van der Waals surface area (Å²) in [5, 5.41) is 9.15. The summed E-state index contributed by atoms with van der Waals surface area (Å²) < 4.78 is 29.6. The summed E-state index contributed by atoms with van der Waals surface area (Å²) in [6.45, 7) is 8.70. The van der Waals surface area contributed by atoms with Crippen LogP contribution in [0.25, 0.3) is 17.8 Å². The molecule has 45 heavy (non-hydrogen) atoms. The lowest BCUT2D eigenvalue weighted by molar-refractivity contribution is 0.596. The second kappa shape index (κ2) is 12.5. The topological polar surface area (TPSA) is 66.1 Å². The van der Waals surface area contributed by atoms with E-state index in [9.17, 15) is 8.42 Å². The van der Waals surface area contributed by atoms with Gasteiger partial charge in [0.1, 0.15) is 0 Å². The van der Waals surface area contributed by atoms with Gasteiger partial charge < -0.3 is 9.47 Å². The highest BCUT2D eigenvalue weighted by Crippen LogP contribution is 2.36. The Morgan fingerprint density at radius 3 is 2.29 bits per heavy atom. The zero-order valence-corrected chi connectivity index (χ0v) is 25.5.